The minimum absolute atomic E-state index is 0.0470. The Hall–Kier alpha value is -2.20. The zero-order valence-electron chi connectivity index (χ0n) is 17.2. The molecule has 0 aromatic heterocycles. The molecule has 4 rings (SSSR count). The molecule has 0 radical (unpaired) electrons. The van der Waals surface area contributed by atoms with E-state index >= 15 is 0 Å². The van der Waals surface area contributed by atoms with Gasteiger partial charge in [-0.15, -0.1) is 0 Å². The van der Waals surface area contributed by atoms with Crippen LogP contribution in [0.15, 0.2) is 64.3 Å². The number of nitrogens with zero attached hydrogens (tertiary/aromatic N) is 1. The minimum Gasteiger partial charge on any atom is -0.294 e. The molecule has 150 valence electrons. The number of hydrogen-bond acceptors (Lipinski definition) is 2. The number of hydrogen-bond donors (Lipinski definition) is 0. The van der Waals surface area contributed by atoms with Crippen molar-refractivity contribution in [2.24, 2.45) is 5.41 Å². The first-order chi connectivity index (χ1) is 13.8. The van der Waals surface area contributed by atoms with E-state index in [1.54, 1.807) is 4.90 Å². The first-order valence-corrected chi connectivity index (χ1v) is 11.0. The molecular weight excluding hydrogens is 426 g/mol. The molecule has 0 fully saturated rings. The molecule has 0 N–H and O–H groups in total. The van der Waals surface area contributed by atoms with Gasteiger partial charge in [-0.05, 0) is 57.4 Å². The van der Waals surface area contributed by atoms with E-state index in [2.05, 4.69) is 61.0 Å². The van der Waals surface area contributed by atoms with Crippen molar-refractivity contribution in [3.63, 3.8) is 0 Å². The molecule has 1 atom stereocenters. The Balaban J connectivity index is 1.88. The summed E-state index contributed by atoms with van der Waals surface area (Å²) in [5.74, 6) is 0.0573. The predicted octanol–water partition coefficient (Wildman–Crippen LogP) is 6.18. The third kappa shape index (κ3) is 3.71. The van der Waals surface area contributed by atoms with Crippen LogP contribution in [0.5, 0.6) is 0 Å². The van der Waals surface area contributed by atoms with Gasteiger partial charge in [0.25, 0.3) is 0 Å². The lowest BCUT2D eigenvalue weighted by molar-refractivity contribution is -0.121. The van der Waals surface area contributed by atoms with Crippen LogP contribution >= 0.6 is 15.9 Å². The van der Waals surface area contributed by atoms with Crippen molar-refractivity contribution in [2.45, 2.75) is 52.4 Å². The summed E-state index contributed by atoms with van der Waals surface area (Å²) in [4.78, 5) is 28.5. The lowest BCUT2D eigenvalue weighted by Crippen LogP contribution is -2.43. The molecule has 1 aliphatic carbocycles. The van der Waals surface area contributed by atoms with Crippen LogP contribution in [0, 0.1) is 5.41 Å². The van der Waals surface area contributed by atoms with Crippen LogP contribution in [0.2, 0.25) is 0 Å². The molecule has 0 saturated carbocycles. The van der Waals surface area contributed by atoms with Gasteiger partial charge >= 0.3 is 0 Å². The second kappa shape index (κ2) is 7.56. The molecule has 0 spiro atoms. The van der Waals surface area contributed by atoms with Gasteiger partial charge in [0.2, 0.25) is 5.91 Å². The van der Waals surface area contributed by atoms with Crippen molar-refractivity contribution in [3.8, 4) is 0 Å². The average Bonchev–Trinajstić information content (AvgIpc) is 2.67. The van der Waals surface area contributed by atoms with Crippen LogP contribution in [0.4, 0.5) is 5.69 Å². The molecule has 2 aromatic rings. The van der Waals surface area contributed by atoms with Gasteiger partial charge in [-0.1, -0.05) is 57.2 Å². The molecule has 4 heteroatoms. The number of ketones is 1. The summed E-state index contributed by atoms with van der Waals surface area (Å²) < 4.78 is 0.863. The van der Waals surface area contributed by atoms with E-state index in [1.165, 1.54) is 5.56 Å². The zero-order chi connectivity index (χ0) is 20.8. The van der Waals surface area contributed by atoms with E-state index in [-0.39, 0.29) is 23.0 Å². The van der Waals surface area contributed by atoms with Gasteiger partial charge < -0.3 is 0 Å². The number of aryl methyl sites for hydroxylation is 1. The van der Waals surface area contributed by atoms with E-state index in [4.69, 9.17) is 0 Å². The minimum atomic E-state index is -0.163. The number of carbonyl (C=O) groups excluding carboxylic acids is 2. The summed E-state index contributed by atoms with van der Waals surface area (Å²) in [6.07, 6.45) is 2.52. The molecule has 29 heavy (non-hydrogen) atoms. The van der Waals surface area contributed by atoms with E-state index in [0.717, 1.165) is 33.4 Å². The van der Waals surface area contributed by atoms with E-state index in [9.17, 15) is 9.59 Å². The number of allylic oxidation sites excluding steroid dienone is 2. The first-order valence-electron chi connectivity index (χ1n) is 10.2. The maximum Gasteiger partial charge on any atom is 0.232 e. The van der Waals surface area contributed by atoms with Crippen LogP contribution in [-0.2, 0) is 16.0 Å². The summed E-state index contributed by atoms with van der Waals surface area (Å²) in [5, 5.41) is 0. The smallest absolute Gasteiger partial charge is 0.232 e. The molecule has 1 amide bonds. The SMILES string of the molecule is CCc1ccc(C2CC(=O)N(c3ccccc3Br)C3=C2C(=O)CC(C)(C)C3)cc1. The summed E-state index contributed by atoms with van der Waals surface area (Å²) in [7, 11) is 0. The number of anilines is 1. The third-order valence-corrected chi connectivity index (χ3v) is 6.70. The van der Waals surface area contributed by atoms with Gasteiger partial charge in [0, 0.05) is 34.5 Å². The van der Waals surface area contributed by atoms with Crippen molar-refractivity contribution in [3.05, 3.63) is 75.4 Å². The number of Topliss-reactive ketones (excluding diaryl/α,β-unsaturated/α-hetero) is 1. The molecule has 3 nitrogen and oxygen atoms in total. The lowest BCUT2D eigenvalue weighted by Gasteiger charge is -2.43. The number of amides is 1. The van der Waals surface area contributed by atoms with Gasteiger partial charge in [-0.3, -0.25) is 14.5 Å². The molecule has 2 aromatic carbocycles. The predicted molar refractivity (Wildman–Crippen MR) is 120 cm³/mol. The fraction of sp³-hybridized carbons (Fsp3) is 0.360. The van der Waals surface area contributed by atoms with Crippen LogP contribution in [-0.4, -0.2) is 11.7 Å². The normalized spacial score (nSPS) is 21.4. The molecule has 1 aliphatic heterocycles. The fourth-order valence-corrected chi connectivity index (χ4v) is 5.06. The Morgan fingerprint density at radius 1 is 1.03 bits per heavy atom. The number of para-hydroxylation sites is 1. The second-order valence-electron chi connectivity index (χ2n) is 8.83. The molecule has 0 bridgehead atoms. The highest BCUT2D eigenvalue weighted by molar-refractivity contribution is 9.10. The highest BCUT2D eigenvalue weighted by Crippen LogP contribution is 2.49. The Morgan fingerprint density at radius 3 is 2.38 bits per heavy atom. The summed E-state index contributed by atoms with van der Waals surface area (Å²) in [6.45, 7) is 6.34. The monoisotopic (exact) mass is 451 g/mol. The molecule has 1 heterocycles. The van der Waals surface area contributed by atoms with E-state index < -0.39 is 0 Å². The van der Waals surface area contributed by atoms with Crippen molar-refractivity contribution in [1.29, 1.82) is 0 Å². The quantitative estimate of drug-likeness (QED) is 0.558. The van der Waals surface area contributed by atoms with Crippen molar-refractivity contribution < 1.29 is 9.59 Å². The van der Waals surface area contributed by atoms with Crippen molar-refractivity contribution in [2.75, 3.05) is 4.90 Å². The van der Waals surface area contributed by atoms with Gasteiger partial charge in [-0.25, -0.2) is 0 Å². The highest BCUT2D eigenvalue weighted by atomic mass is 79.9. The van der Waals surface area contributed by atoms with Gasteiger partial charge in [0.1, 0.15) is 0 Å². The van der Waals surface area contributed by atoms with Gasteiger partial charge in [-0.2, -0.15) is 0 Å². The van der Waals surface area contributed by atoms with Crippen LogP contribution in [0.3, 0.4) is 0 Å². The Kier molecular flexibility index (Phi) is 5.24. The third-order valence-electron chi connectivity index (χ3n) is 6.03. The molecule has 0 saturated heterocycles. The van der Waals surface area contributed by atoms with Crippen LogP contribution in [0.25, 0.3) is 0 Å². The summed E-state index contributed by atoms with van der Waals surface area (Å²) in [6, 6.07) is 16.1. The highest BCUT2D eigenvalue weighted by Gasteiger charge is 2.44. The maximum absolute atomic E-state index is 13.4. The maximum atomic E-state index is 13.4. The van der Waals surface area contributed by atoms with Crippen molar-refractivity contribution in [1.82, 2.24) is 0 Å². The molecule has 2 aliphatic rings. The fourth-order valence-electron chi connectivity index (χ4n) is 4.60. The van der Waals surface area contributed by atoms with Crippen LogP contribution < -0.4 is 4.90 Å². The zero-order valence-corrected chi connectivity index (χ0v) is 18.8. The molecule has 1 unspecified atom stereocenters. The van der Waals surface area contributed by atoms with Gasteiger partial charge in [0.05, 0.1) is 5.69 Å². The van der Waals surface area contributed by atoms with E-state index in [1.807, 2.05) is 24.3 Å². The first kappa shape index (κ1) is 20.1. The number of halogens is 1. The standard InChI is InChI=1S/C25H26BrNO2/c1-4-16-9-11-17(12-10-16)18-13-23(29)27(20-8-6-5-7-19(20)26)21-14-25(2,3)15-22(28)24(18)21/h5-12,18H,4,13-15H2,1-3H3. The van der Waals surface area contributed by atoms with Crippen LogP contribution in [0.1, 0.15) is 57.1 Å². The number of benzene rings is 2. The number of carbonyl (C=O) groups is 2. The Labute approximate surface area is 180 Å². The Morgan fingerprint density at radius 2 is 1.72 bits per heavy atom. The topological polar surface area (TPSA) is 37.4 Å². The Bertz CT molecular complexity index is 1000. The number of rotatable bonds is 3. The average molecular weight is 452 g/mol. The largest absolute Gasteiger partial charge is 0.294 e. The summed E-state index contributed by atoms with van der Waals surface area (Å²) in [5.41, 5.74) is 4.67. The van der Waals surface area contributed by atoms with Crippen molar-refractivity contribution >= 4 is 33.3 Å². The van der Waals surface area contributed by atoms with Gasteiger partial charge in [0.15, 0.2) is 5.78 Å². The summed E-state index contributed by atoms with van der Waals surface area (Å²) >= 11 is 3.59. The lowest BCUT2D eigenvalue weighted by atomic mass is 9.69. The second-order valence-corrected chi connectivity index (χ2v) is 9.69. The molecular formula is C25H26BrNO2. The van der Waals surface area contributed by atoms with E-state index in [0.29, 0.717) is 19.3 Å².